The van der Waals surface area contributed by atoms with Gasteiger partial charge < -0.3 is 14.8 Å². The molecule has 0 fully saturated rings. The average Bonchev–Trinajstić information content (AvgIpc) is 3.05. The minimum atomic E-state index is -0.980. The van der Waals surface area contributed by atoms with Gasteiger partial charge in [0.2, 0.25) is 0 Å². The van der Waals surface area contributed by atoms with Crippen molar-refractivity contribution in [2.24, 2.45) is 0 Å². The predicted octanol–water partition coefficient (Wildman–Crippen LogP) is 3.40. The normalized spacial score (nSPS) is 11.5. The highest BCUT2D eigenvalue weighted by atomic mass is 35.5. The van der Waals surface area contributed by atoms with Gasteiger partial charge in [-0.25, -0.2) is 0 Å². The Morgan fingerprint density at radius 3 is 2.38 bits per heavy atom. The first-order valence-electron chi connectivity index (χ1n) is 7.83. The van der Waals surface area contributed by atoms with Crippen LogP contribution in [0, 0.1) is 0 Å². The highest BCUT2D eigenvalue weighted by molar-refractivity contribution is 7.16. The Kier molecular flexibility index (Phi) is 7.17. The zero-order chi connectivity index (χ0) is 19.1. The van der Waals surface area contributed by atoms with Gasteiger partial charge >= 0.3 is 5.97 Å². The molecule has 1 atom stereocenters. The van der Waals surface area contributed by atoms with Crippen molar-refractivity contribution >= 4 is 40.6 Å². The predicted molar refractivity (Wildman–Crippen MR) is 98.8 cm³/mol. The summed E-state index contributed by atoms with van der Waals surface area (Å²) in [6, 6.07) is 8.76. The van der Waals surface area contributed by atoms with Crippen LogP contribution in [0.15, 0.2) is 36.4 Å². The van der Waals surface area contributed by atoms with Crippen LogP contribution in [0.3, 0.4) is 0 Å². The number of methoxy groups -OCH3 is 1. The van der Waals surface area contributed by atoms with Crippen LogP contribution >= 0.6 is 22.9 Å². The molecule has 8 heteroatoms. The number of benzene rings is 1. The number of carbonyl (C=O) groups excluding carboxylic acids is 3. The summed E-state index contributed by atoms with van der Waals surface area (Å²) in [5.41, 5.74) is 0.363. The molecule has 1 aromatic carbocycles. The van der Waals surface area contributed by atoms with Gasteiger partial charge in [-0.2, -0.15) is 0 Å². The second-order valence-electron chi connectivity index (χ2n) is 5.22. The number of ether oxygens (including phenoxy) is 2. The third-order valence-electron chi connectivity index (χ3n) is 3.45. The van der Waals surface area contributed by atoms with Gasteiger partial charge in [0.05, 0.1) is 18.1 Å². The minimum Gasteiger partial charge on any atom is -0.497 e. The monoisotopic (exact) mass is 395 g/mol. The van der Waals surface area contributed by atoms with Crippen molar-refractivity contribution in [2.45, 2.75) is 19.4 Å². The van der Waals surface area contributed by atoms with Gasteiger partial charge in [0.25, 0.3) is 5.91 Å². The molecule has 0 spiro atoms. The van der Waals surface area contributed by atoms with Gasteiger partial charge in [-0.1, -0.05) is 11.6 Å². The summed E-state index contributed by atoms with van der Waals surface area (Å²) in [6.45, 7) is 1.84. The van der Waals surface area contributed by atoms with Crippen LogP contribution in [0.2, 0.25) is 4.34 Å². The summed E-state index contributed by atoms with van der Waals surface area (Å²) in [6.07, 6.45) is -0.434. The molecule has 2 rings (SSSR count). The van der Waals surface area contributed by atoms with Crippen molar-refractivity contribution < 1.29 is 23.9 Å². The first-order valence-corrected chi connectivity index (χ1v) is 9.02. The van der Waals surface area contributed by atoms with Crippen molar-refractivity contribution in [1.29, 1.82) is 0 Å². The third kappa shape index (κ3) is 5.31. The van der Waals surface area contributed by atoms with E-state index in [-0.39, 0.29) is 6.61 Å². The Labute approximate surface area is 160 Å². The van der Waals surface area contributed by atoms with Crippen LogP contribution in [0.5, 0.6) is 5.75 Å². The summed E-state index contributed by atoms with van der Waals surface area (Å²) in [5, 5.41) is 2.66. The molecule has 0 saturated carbocycles. The molecule has 0 bridgehead atoms. The molecular weight excluding hydrogens is 378 g/mol. The number of hydrogen-bond acceptors (Lipinski definition) is 6. The molecule has 1 heterocycles. The summed E-state index contributed by atoms with van der Waals surface area (Å²) < 4.78 is 10.3. The molecule has 1 N–H and O–H groups in total. The molecule has 0 saturated heterocycles. The van der Waals surface area contributed by atoms with E-state index >= 15 is 0 Å². The Hall–Kier alpha value is -2.38. The van der Waals surface area contributed by atoms with Crippen LogP contribution in [0.4, 0.5) is 0 Å². The fourth-order valence-corrected chi connectivity index (χ4v) is 3.34. The van der Waals surface area contributed by atoms with Gasteiger partial charge in [-0.05, 0) is 43.3 Å². The fourth-order valence-electron chi connectivity index (χ4n) is 2.21. The first-order chi connectivity index (χ1) is 12.4. The van der Waals surface area contributed by atoms with E-state index in [2.05, 4.69) is 5.32 Å². The number of hydrogen-bond donors (Lipinski definition) is 1. The number of Topliss-reactive ketones (excluding diaryl/α,β-unsaturated/α-hetero) is 1. The molecule has 6 nitrogen and oxygen atoms in total. The molecule has 26 heavy (non-hydrogen) atoms. The maximum Gasteiger partial charge on any atom is 0.313 e. The molecule has 0 aliphatic carbocycles. The van der Waals surface area contributed by atoms with Gasteiger partial charge in [0, 0.05) is 10.4 Å². The molecular formula is C18H18ClNO5S. The number of ketones is 1. The zero-order valence-corrected chi connectivity index (χ0v) is 15.9. The number of thiophene rings is 1. The molecule has 0 aliphatic rings. The van der Waals surface area contributed by atoms with E-state index in [0.717, 1.165) is 0 Å². The van der Waals surface area contributed by atoms with E-state index in [9.17, 15) is 14.4 Å². The smallest absolute Gasteiger partial charge is 0.313 e. The van der Waals surface area contributed by atoms with Crippen LogP contribution in [-0.2, 0) is 14.3 Å². The Balaban J connectivity index is 2.18. The summed E-state index contributed by atoms with van der Waals surface area (Å²) in [4.78, 5) is 37.2. The maximum absolute atomic E-state index is 12.5. The standard InChI is InChI=1S/C18H18ClNO5S/c1-3-25-16(22)10-13(21)17(14-8-9-15(19)26-14)20-18(23)11-4-6-12(24-2)7-5-11/h4-9,17H,3,10H2,1-2H3,(H,20,23). The van der Waals surface area contributed by atoms with Gasteiger partial charge in [0.1, 0.15) is 18.2 Å². The lowest BCUT2D eigenvalue weighted by atomic mass is 10.1. The lowest BCUT2D eigenvalue weighted by Crippen LogP contribution is -2.34. The fraction of sp³-hybridized carbons (Fsp3) is 0.278. The second-order valence-corrected chi connectivity index (χ2v) is 6.97. The van der Waals surface area contributed by atoms with E-state index in [1.54, 1.807) is 43.3 Å². The summed E-state index contributed by atoms with van der Waals surface area (Å²) >= 11 is 7.11. The number of carbonyl (C=O) groups is 3. The molecule has 1 unspecified atom stereocenters. The highest BCUT2D eigenvalue weighted by Gasteiger charge is 2.27. The Bertz CT molecular complexity index is 787. The number of amides is 1. The zero-order valence-electron chi connectivity index (χ0n) is 14.3. The third-order valence-corrected chi connectivity index (χ3v) is 4.75. The largest absolute Gasteiger partial charge is 0.497 e. The van der Waals surface area contributed by atoms with Gasteiger partial charge in [-0.15, -0.1) is 11.3 Å². The quantitative estimate of drug-likeness (QED) is 0.547. The number of nitrogens with one attached hydrogen (secondary N) is 1. The van der Waals surface area contributed by atoms with Crippen molar-refractivity contribution in [1.82, 2.24) is 5.32 Å². The minimum absolute atomic E-state index is 0.180. The van der Waals surface area contributed by atoms with E-state index in [1.165, 1.54) is 18.4 Å². The van der Waals surface area contributed by atoms with Crippen LogP contribution in [0.1, 0.15) is 34.6 Å². The summed E-state index contributed by atoms with van der Waals surface area (Å²) in [5.74, 6) is -0.936. The topological polar surface area (TPSA) is 81.7 Å². The van der Waals surface area contributed by atoms with Crippen molar-refractivity contribution in [2.75, 3.05) is 13.7 Å². The van der Waals surface area contributed by atoms with Crippen molar-refractivity contribution in [3.63, 3.8) is 0 Å². The molecule has 1 aromatic heterocycles. The lowest BCUT2D eigenvalue weighted by molar-refractivity contribution is -0.145. The van der Waals surface area contributed by atoms with E-state index < -0.39 is 30.1 Å². The highest BCUT2D eigenvalue weighted by Crippen LogP contribution is 2.28. The van der Waals surface area contributed by atoms with E-state index in [4.69, 9.17) is 21.1 Å². The SMILES string of the molecule is CCOC(=O)CC(=O)C(NC(=O)c1ccc(OC)cc1)c1ccc(Cl)s1. The first kappa shape index (κ1) is 19.9. The van der Waals surface area contributed by atoms with Gasteiger partial charge in [-0.3, -0.25) is 14.4 Å². The van der Waals surface area contributed by atoms with Crippen molar-refractivity contribution in [3.8, 4) is 5.75 Å². The molecule has 1 amide bonds. The molecule has 2 aromatic rings. The molecule has 138 valence electrons. The Morgan fingerprint density at radius 1 is 1.15 bits per heavy atom. The Morgan fingerprint density at radius 2 is 1.85 bits per heavy atom. The van der Waals surface area contributed by atoms with E-state index in [1.807, 2.05) is 0 Å². The molecule has 0 radical (unpaired) electrons. The van der Waals surface area contributed by atoms with Crippen LogP contribution < -0.4 is 10.1 Å². The maximum atomic E-state index is 12.5. The molecule has 0 aliphatic heterocycles. The number of esters is 1. The number of rotatable bonds is 8. The second kappa shape index (κ2) is 9.35. The van der Waals surface area contributed by atoms with Gasteiger partial charge in [0.15, 0.2) is 5.78 Å². The number of halogens is 1. The van der Waals surface area contributed by atoms with E-state index in [0.29, 0.717) is 20.5 Å². The lowest BCUT2D eigenvalue weighted by Gasteiger charge is -2.16. The van der Waals surface area contributed by atoms with Crippen LogP contribution in [0.25, 0.3) is 0 Å². The average molecular weight is 396 g/mol. The van der Waals surface area contributed by atoms with Crippen LogP contribution in [-0.4, -0.2) is 31.4 Å². The summed E-state index contributed by atoms with van der Waals surface area (Å²) in [7, 11) is 1.53. The van der Waals surface area contributed by atoms with Crippen molar-refractivity contribution in [3.05, 3.63) is 51.2 Å².